The average Bonchev–Trinajstić information content (AvgIpc) is 2.23. The van der Waals surface area contributed by atoms with E-state index in [1.54, 1.807) is 6.92 Å². The van der Waals surface area contributed by atoms with Gasteiger partial charge in [-0.3, -0.25) is 9.59 Å². The van der Waals surface area contributed by atoms with Crippen molar-refractivity contribution in [2.75, 3.05) is 13.2 Å². The molecule has 0 saturated heterocycles. The van der Waals surface area contributed by atoms with Gasteiger partial charge in [-0.25, -0.2) is 4.79 Å². The van der Waals surface area contributed by atoms with Gasteiger partial charge in [0.05, 0.1) is 13.2 Å². The normalized spacial score (nSPS) is 11.6. The summed E-state index contributed by atoms with van der Waals surface area (Å²) in [7, 11) is 0. The summed E-state index contributed by atoms with van der Waals surface area (Å²) in [5, 5.41) is 10.8. The Morgan fingerprint density at radius 2 is 2.06 bits per heavy atom. The number of carbonyl (C=O) groups is 3. The highest BCUT2D eigenvalue weighted by Gasteiger charge is 2.22. The fourth-order valence-electron chi connectivity index (χ4n) is 1.01. The van der Waals surface area contributed by atoms with Crippen LogP contribution in [-0.2, 0) is 19.1 Å². The van der Waals surface area contributed by atoms with Crippen LogP contribution < -0.4 is 11.1 Å². The molecule has 0 aliphatic carbocycles. The summed E-state index contributed by atoms with van der Waals surface area (Å²) in [5.74, 6) is -2.22. The first-order valence-electron chi connectivity index (χ1n) is 4.89. The lowest BCUT2D eigenvalue weighted by atomic mass is 10.1. The number of ether oxygens (including phenoxy) is 1. The molecule has 7 nitrogen and oxygen atoms in total. The quantitative estimate of drug-likeness (QED) is 0.477. The van der Waals surface area contributed by atoms with Crippen molar-refractivity contribution < 1.29 is 24.2 Å². The van der Waals surface area contributed by atoms with Gasteiger partial charge in [0.15, 0.2) is 0 Å². The molecule has 0 rings (SSSR count). The molecule has 0 radical (unpaired) electrons. The predicted molar refractivity (Wildman–Crippen MR) is 54.5 cm³/mol. The van der Waals surface area contributed by atoms with Gasteiger partial charge in [-0.05, 0) is 13.3 Å². The van der Waals surface area contributed by atoms with Crippen molar-refractivity contribution >= 4 is 17.8 Å². The van der Waals surface area contributed by atoms with E-state index >= 15 is 0 Å². The van der Waals surface area contributed by atoms with Crippen LogP contribution in [-0.4, -0.2) is 42.1 Å². The standard InChI is InChI=1S/C9H16N2O5/c1-2-16-9(15)6(3-4-8(13)14)11-7(12)5-10/h6H,2-5,10H2,1H3,(H,11,12)(H,13,14). The van der Waals surface area contributed by atoms with Crippen LogP contribution in [0.5, 0.6) is 0 Å². The number of nitrogens with one attached hydrogen (secondary N) is 1. The van der Waals surface area contributed by atoms with E-state index in [1.165, 1.54) is 0 Å². The van der Waals surface area contributed by atoms with Crippen molar-refractivity contribution in [1.82, 2.24) is 5.32 Å². The van der Waals surface area contributed by atoms with E-state index in [0.717, 1.165) is 0 Å². The Balaban J connectivity index is 4.31. The number of amides is 1. The molecule has 1 atom stereocenters. The molecule has 0 spiro atoms. The number of rotatable bonds is 7. The van der Waals surface area contributed by atoms with Crippen molar-refractivity contribution in [3.05, 3.63) is 0 Å². The number of aliphatic carboxylic acids is 1. The average molecular weight is 232 g/mol. The molecule has 16 heavy (non-hydrogen) atoms. The minimum atomic E-state index is -1.05. The topological polar surface area (TPSA) is 119 Å². The van der Waals surface area contributed by atoms with Crippen LogP contribution in [0.4, 0.5) is 0 Å². The van der Waals surface area contributed by atoms with Gasteiger partial charge in [0, 0.05) is 6.42 Å². The number of hydrogen-bond donors (Lipinski definition) is 3. The number of esters is 1. The lowest BCUT2D eigenvalue weighted by Gasteiger charge is -2.15. The predicted octanol–water partition coefficient (Wildman–Crippen LogP) is -1.14. The highest BCUT2D eigenvalue weighted by atomic mass is 16.5. The Bertz CT molecular complexity index is 267. The third kappa shape index (κ3) is 5.97. The second kappa shape index (κ2) is 7.63. The van der Waals surface area contributed by atoms with Crippen molar-refractivity contribution in [3.8, 4) is 0 Å². The van der Waals surface area contributed by atoms with Gasteiger partial charge in [0.1, 0.15) is 6.04 Å². The molecule has 7 heteroatoms. The van der Waals surface area contributed by atoms with E-state index in [9.17, 15) is 14.4 Å². The SMILES string of the molecule is CCOC(=O)C(CCC(=O)O)NC(=O)CN. The monoisotopic (exact) mass is 232 g/mol. The van der Waals surface area contributed by atoms with Crippen LogP contribution in [0.1, 0.15) is 19.8 Å². The molecule has 1 unspecified atom stereocenters. The van der Waals surface area contributed by atoms with Crippen LogP contribution in [0.2, 0.25) is 0 Å². The van der Waals surface area contributed by atoms with Crippen LogP contribution in [0, 0.1) is 0 Å². The number of hydrogen-bond acceptors (Lipinski definition) is 5. The molecule has 0 fully saturated rings. The summed E-state index contributed by atoms with van der Waals surface area (Å²) in [4.78, 5) is 32.7. The van der Waals surface area contributed by atoms with E-state index in [1.807, 2.05) is 0 Å². The molecule has 0 saturated carbocycles. The second-order valence-electron chi connectivity index (χ2n) is 3.01. The molecule has 92 valence electrons. The van der Waals surface area contributed by atoms with Crippen molar-refractivity contribution in [1.29, 1.82) is 0 Å². The van der Waals surface area contributed by atoms with Gasteiger partial charge >= 0.3 is 11.9 Å². The number of carboxylic acids is 1. The van der Waals surface area contributed by atoms with Gasteiger partial charge in [-0.15, -0.1) is 0 Å². The zero-order valence-corrected chi connectivity index (χ0v) is 9.06. The molecule has 0 bridgehead atoms. The molecule has 1 amide bonds. The van der Waals surface area contributed by atoms with Crippen molar-refractivity contribution in [2.45, 2.75) is 25.8 Å². The molecule has 0 aliphatic rings. The van der Waals surface area contributed by atoms with E-state index in [0.29, 0.717) is 0 Å². The molecule has 4 N–H and O–H groups in total. The Kier molecular flexibility index (Phi) is 6.86. The molecule has 0 aromatic heterocycles. The summed E-state index contributed by atoms with van der Waals surface area (Å²) in [6.07, 6.45) is -0.242. The summed E-state index contributed by atoms with van der Waals surface area (Å²) in [6.45, 7) is 1.53. The van der Waals surface area contributed by atoms with E-state index in [-0.39, 0.29) is 26.0 Å². The zero-order chi connectivity index (χ0) is 12.6. The van der Waals surface area contributed by atoms with Crippen molar-refractivity contribution in [2.24, 2.45) is 5.73 Å². The largest absolute Gasteiger partial charge is 0.481 e. The van der Waals surface area contributed by atoms with Gasteiger partial charge in [0.25, 0.3) is 0 Å². The second-order valence-corrected chi connectivity index (χ2v) is 3.01. The lowest BCUT2D eigenvalue weighted by molar-refractivity contribution is -0.148. The van der Waals surface area contributed by atoms with Gasteiger partial charge in [0.2, 0.25) is 5.91 Å². The smallest absolute Gasteiger partial charge is 0.328 e. The van der Waals surface area contributed by atoms with Crippen molar-refractivity contribution in [3.63, 3.8) is 0 Å². The number of carbonyl (C=O) groups excluding carboxylic acids is 2. The first-order chi connectivity index (χ1) is 7.51. The highest BCUT2D eigenvalue weighted by molar-refractivity contribution is 5.85. The Hall–Kier alpha value is -1.63. The maximum absolute atomic E-state index is 11.3. The molecular formula is C9H16N2O5. The molecule has 0 aromatic rings. The first-order valence-corrected chi connectivity index (χ1v) is 4.89. The summed E-state index contributed by atoms with van der Waals surface area (Å²) < 4.78 is 4.69. The third-order valence-electron chi connectivity index (χ3n) is 1.74. The first kappa shape index (κ1) is 14.4. The number of carboxylic acid groups (broad SMARTS) is 1. The maximum Gasteiger partial charge on any atom is 0.328 e. The molecular weight excluding hydrogens is 216 g/mol. The summed E-state index contributed by atoms with van der Waals surface area (Å²) in [5.41, 5.74) is 5.07. The van der Waals surface area contributed by atoms with E-state index in [2.05, 4.69) is 5.32 Å². The van der Waals surface area contributed by atoms with Crippen LogP contribution in [0.15, 0.2) is 0 Å². The molecule has 0 aromatic carbocycles. The Morgan fingerprint density at radius 1 is 1.44 bits per heavy atom. The maximum atomic E-state index is 11.3. The van der Waals surface area contributed by atoms with E-state index < -0.39 is 23.9 Å². The van der Waals surface area contributed by atoms with E-state index in [4.69, 9.17) is 15.6 Å². The Morgan fingerprint density at radius 3 is 2.50 bits per heavy atom. The van der Waals surface area contributed by atoms with Crippen LogP contribution in [0.3, 0.4) is 0 Å². The fourth-order valence-corrected chi connectivity index (χ4v) is 1.01. The summed E-state index contributed by atoms with van der Waals surface area (Å²) >= 11 is 0. The third-order valence-corrected chi connectivity index (χ3v) is 1.74. The van der Waals surface area contributed by atoms with Gasteiger partial charge in [-0.2, -0.15) is 0 Å². The lowest BCUT2D eigenvalue weighted by Crippen LogP contribution is -2.44. The van der Waals surface area contributed by atoms with Gasteiger partial charge in [-0.1, -0.05) is 0 Å². The van der Waals surface area contributed by atoms with Crippen LogP contribution >= 0.6 is 0 Å². The molecule has 0 heterocycles. The highest BCUT2D eigenvalue weighted by Crippen LogP contribution is 2.00. The number of nitrogens with two attached hydrogens (primary N) is 1. The summed E-state index contributed by atoms with van der Waals surface area (Å²) in [6, 6.07) is -0.952. The fraction of sp³-hybridized carbons (Fsp3) is 0.667. The minimum absolute atomic E-state index is 0.0140. The minimum Gasteiger partial charge on any atom is -0.481 e. The van der Waals surface area contributed by atoms with Crippen LogP contribution in [0.25, 0.3) is 0 Å². The Labute approximate surface area is 92.9 Å². The molecule has 0 aliphatic heterocycles. The van der Waals surface area contributed by atoms with Gasteiger partial charge < -0.3 is 20.9 Å². The zero-order valence-electron chi connectivity index (χ0n) is 9.06.